The van der Waals surface area contributed by atoms with Crippen molar-refractivity contribution in [1.29, 1.82) is 0 Å². The van der Waals surface area contributed by atoms with Crippen molar-refractivity contribution < 1.29 is 14.0 Å². The number of furan rings is 1. The minimum Gasteiger partial charge on any atom is -0.467 e. The third kappa shape index (κ3) is 5.20. The van der Waals surface area contributed by atoms with Crippen LogP contribution in [0.4, 0.5) is 10.8 Å². The van der Waals surface area contributed by atoms with Gasteiger partial charge in [0, 0.05) is 18.5 Å². The number of nitrogens with one attached hydrogen (secondary N) is 2. The number of benzene rings is 1. The summed E-state index contributed by atoms with van der Waals surface area (Å²) in [6.07, 6.45) is 3.07. The van der Waals surface area contributed by atoms with E-state index < -0.39 is 0 Å². The van der Waals surface area contributed by atoms with Crippen LogP contribution >= 0.6 is 34.5 Å². The number of nitrogens with zero attached hydrogens (tertiary/aromatic N) is 2. The molecule has 10 heteroatoms. The van der Waals surface area contributed by atoms with Crippen LogP contribution in [0, 0.1) is 5.92 Å². The molecule has 162 valence electrons. The zero-order valence-electron chi connectivity index (χ0n) is 16.4. The number of hydrogen-bond donors (Lipinski definition) is 2. The molecule has 1 aliphatic heterocycles. The average molecular weight is 479 g/mol. The smallest absolute Gasteiger partial charge is 0.273 e. The molecule has 2 aromatic heterocycles. The summed E-state index contributed by atoms with van der Waals surface area (Å²) in [5.74, 6) is 0.170. The average Bonchev–Trinajstić information content (AvgIpc) is 3.47. The van der Waals surface area contributed by atoms with Crippen molar-refractivity contribution in [2.75, 3.05) is 18.4 Å². The van der Waals surface area contributed by atoms with Crippen molar-refractivity contribution in [2.45, 2.75) is 19.4 Å². The van der Waals surface area contributed by atoms with E-state index in [1.807, 2.05) is 0 Å². The van der Waals surface area contributed by atoms with Crippen LogP contribution in [0.1, 0.15) is 29.1 Å². The minimum atomic E-state index is -0.255. The SMILES string of the molecule is O=C(NCc1ccco1)[C@H]1CCCN(C(=O)c2csc(Nc3cccc(Cl)c3Cl)n2)C1. The van der Waals surface area contributed by atoms with E-state index in [0.29, 0.717) is 52.0 Å². The Balaban J connectivity index is 1.36. The Kier molecular flexibility index (Phi) is 6.80. The summed E-state index contributed by atoms with van der Waals surface area (Å²) >= 11 is 13.5. The van der Waals surface area contributed by atoms with Gasteiger partial charge < -0.3 is 20.0 Å². The fraction of sp³-hybridized carbons (Fsp3) is 0.286. The van der Waals surface area contributed by atoms with Crippen molar-refractivity contribution in [2.24, 2.45) is 5.92 Å². The predicted octanol–water partition coefficient (Wildman–Crippen LogP) is 4.96. The van der Waals surface area contributed by atoms with Gasteiger partial charge in [0.25, 0.3) is 5.91 Å². The lowest BCUT2D eigenvalue weighted by Crippen LogP contribution is -2.45. The van der Waals surface area contributed by atoms with Crippen LogP contribution in [0.15, 0.2) is 46.4 Å². The normalized spacial score (nSPS) is 16.2. The highest BCUT2D eigenvalue weighted by Crippen LogP contribution is 2.32. The molecule has 1 aliphatic rings. The first-order valence-corrected chi connectivity index (χ1v) is 11.4. The second-order valence-corrected chi connectivity index (χ2v) is 8.80. The number of halogens is 2. The molecule has 1 saturated heterocycles. The summed E-state index contributed by atoms with van der Waals surface area (Å²) < 4.78 is 5.24. The third-order valence-corrected chi connectivity index (χ3v) is 6.59. The van der Waals surface area contributed by atoms with Crippen LogP contribution in [0.25, 0.3) is 0 Å². The van der Waals surface area contributed by atoms with E-state index in [1.54, 1.807) is 46.9 Å². The summed E-state index contributed by atoms with van der Waals surface area (Å²) in [4.78, 5) is 31.6. The van der Waals surface area contributed by atoms with Gasteiger partial charge in [0.05, 0.1) is 34.5 Å². The summed E-state index contributed by atoms with van der Waals surface area (Å²) in [6.45, 7) is 1.30. The molecule has 7 nitrogen and oxygen atoms in total. The molecule has 2 amide bonds. The maximum Gasteiger partial charge on any atom is 0.273 e. The Bertz CT molecular complexity index is 1070. The van der Waals surface area contributed by atoms with Crippen LogP contribution < -0.4 is 10.6 Å². The highest BCUT2D eigenvalue weighted by atomic mass is 35.5. The molecule has 0 saturated carbocycles. The van der Waals surface area contributed by atoms with E-state index in [1.165, 1.54) is 11.3 Å². The Hall–Kier alpha value is -2.55. The lowest BCUT2D eigenvalue weighted by atomic mass is 9.97. The Morgan fingerprint density at radius 3 is 2.94 bits per heavy atom. The molecule has 0 bridgehead atoms. The number of likely N-dealkylation sites (tertiary alicyclic amines) is 1. The number of hydrogen-bond acceptors (Lipinski definition) is 6. The number of carbonyl (C=O) groups is 2. The van der Waals surface area contributed by atoms with E-state index in [0.717, 1.165) is 12.8 Å². The quantitative estimate of drug-likeness (QED) is 0.522. The molecule has 2 N–H and O–H groups in total. The topological polar surface area (TPSA) is 87.5 Å². The monoisotopic (exact) mass is 478 g/mol. The first-order valence-electron chi connectivity index (χ1n) is 9.77. The van der Waals surface area contributed by atoms with Crippen molar-refractivity contribution in [3.05, 3.63) is 63.5 Å². The van der Waals surface area contributed by atoms with Gasteiger partial charge in [-0.05, 0) is 37.1 Å². The Labute approximate surface area is 193 Å². The molecule has 1 aromatic carbocycles. The molecule has 0 unspecified atom stereocenters. The van der Waals surface area contributed by atoms with Gasteiger partial charge in [0.15, 0.2) is 5.13 Å². The Morgan fingerprint density at radius 2 is 2.13 bits per heavy atom. The van der Waals surface area contributed by atoms with E-state index >= 15 is 0 Å². The Morgan fingerprint density at radius 1 is 1.26 bits per heavy atom. The van der Waals surface area contributed by atoms with E-state index in [9.17, 15) is 9.59 Å². The largest absolute Gasteiger partial charge is 0.467 e. The number of piperidine rings is 1. The maximum atomic E-state index is 12.9. The van der Waals surface area contributed by atoms with E-state index in [2.05, 4.69) is 15.6 Å². The summed E-state index contributed by atoms with van der Waals surface area (Å²) in [6, 6.07) is 8.85. The molecule has 31 heavy (non-hydrogen) atoms. The van der Waals surface area contributed by atoms with Crippen molar-refractivity contribution >= 4 is 57.2 Å². The van der Waals surface area contributed by atoms with Crippen molar-refractivity contribution in [3.63, 3.8) is 0 Å². The molecule has 0 spiro atoms. The maximum absolute atomic E-state index is 12.9. The first kappa shape index (κ1) is 21.7. The van der Waals surface area contributed by atoms with Gasteiger partial charge in [0.2, 0.25) is 5.91 Å². The summed E-state index contributed by atoms with van der Waals surface area (Å²) in [5, 5.41) is 9.04. The second kappa shape index (κ2) is 9.72. The molecule has 3 heterocycles. The van der Waals surface area contributed by atoms with Gasteiger partial charge in [-0.3, -0.25) is 9.59 Å². The summed E-state index contributed by atoms with van der Waals surface area (Å²) in [7, 11) is 0. The van der Waals surface area contributed by atoms with Crippen LogP contribution in [0.5, 0.6) is 0 Å². The first-order chi connectivity index (χ1) is 15.0. The molecule has 1 fully saturated rings. The minimum absolute atomic E-state index is 0.0786. The fourth-order valence-corrected chi connectivity index (χ4v) is 4.46. The standard InChI is InChI=1S/C21H20Cl2N4O3S/c22-15-6-1-7-16(18(15)23)25-21-26-17(12-31-21)20(29)27-8-2-4-13(11-27)19(28)24-10-14-5-3-9-30-14/h1,3,5-7,9,12-13H,2,4,8,10-11H2,(H,24,28)(H,25,26)/t13-/m0/s1. The second-order valence-electron chi connectivity index (χ2n) is 7.15. The van der Waals surface area contributed by atoms with Crippen LogP contribution in [-0.4, -0.2) is 34.8 Å². The third-order valence-electron chi connectivity index (χ3n) is 5.01. The number of anilines is 2. The van der Waals surface area contributed by atoms with Crippen molar-refractivity contribution in [3.8, 4) is 0 Å². The van der Waals surface area contributed by atoms with Crippen LogP contribution in [0.2, 0.25) is 10.0 Å². The molecular formula is C21H20Cl2N4O3S. The summed E-state index contributed by atoms with van der Waals surface area (Å²) in [5.41, 5.74) is 0.955. The number of amides is 2. The lowest BCUT2D eigenvalue weighted by molar-refractivity contribution is -0.126. The van der Waals surface area contributed by atoms with Gasteiger partial charge >= 0.3 is 0 Å². The highest BCUT2D eigenvalue weighted by molar-refractivity contribution is 7.14. The molecule has 0 aliphatic carbocycles. The van der Waals surface area contributed by atoms with E-state index in [-0.39, 0.29) is 17.7 Å². The van der Waals surface area contributed by atoms with Crippen molar-refractivity contribution in [1.82, 2.24) is 15.2 Å². The zero-order chi connectivity index (χ0) is 21.8. The number of thiazole rings is 1. The molecule has 4 rings (SSSR count). The fourth-order valence-electron chi connectivity index (χ4n) is 3.41. The van der Waals surface area contributed by atoms with Crippen LogP contribution in [-0.2, 0) is 11.3 Å². The molecule has 1 atom stereocenters. The zero-order valence-corrected chi connectivity index (χ0v) is 18.8. The molecule has 0 radical (unpaired) electrons. The van der Waals surface area contributed by atoms with Crippen LogP contribution in [0.3, 0.4) is 0 Å². The number of rotatable bonds is 6. The van der Waals surface area contributed by atoms with E-state index in [4.69, 9.17) is 27.6 Å². The predicted molar refractivity (Wildman–Crippen MR) is 121 cm³/mol. The van der Waals surface area contributed by atoms with Gasteiger partial charge in [0.1, 0.15) is 11.5 Å². The highest BCUT2D eigenvalue weighted by Gasteiger charge is 2.30. The molecular weight excluding hydrogens is 459 g/mol. The lowest BCUT2D eigenvalue weighted by Gasteiger charge is -2.31. The van der Waals surface area contributed by atoms with Gasteiger partial charge in [-0.1, -0.05) is 29.3 Å². The van der Waals surface area contributed by atoms with Gasteiger partial charge in [-0.2, -0.15) is 0 Å². The van der Waals surface area contributed by atoms with Gasteiger partial charge in [-0.15, -0.1) is 11.3 Å². The number of carbonyl (C=O) groups excluding carboxylic acids is 2. The number of aromatic nitrogens is 1. The van der Waals surface area contributed by atoms with Gasteiger partial charge in [-0.25, -0.2) is 4.98 Å². The molecule has 3 aromatic rings.